The Bertz CT molecular complexity index is 519. The minimum absolute atomic E-state index is 0.431. The number of hydrogen-bond donors (Lipinski definition) is 3. The van der Waals surface area contributed by atoms with Crippen LogP contribution in [0.25, 0.3) is 0 Å². The Kier molecular flexibility index (Phi) is 7.30. The third-order valence-corrected chi connectivity index (χ3v) is 2.76. The van der Waals surface area contributed by atoms with Gasteiger partial charge in [0.2, 0.25) is 0 Å². The average molecular weight is 325 g/mol. The summed E-state index contributed by atoms with van der Waals surface area (Å²) in [5.74, 6) is 1.46. The van der Waals surface area contributed by atoms with Gasteiger partial charge in [0.25, 0.3) is 0 Å². The molecule has 1 amide bonds. The number of carbonyl (C=O) groups is 1. The molecule has 1 heterocycles. The first-order chi connectivity index (χ1) is 10.9. The number of ether oxygens (including phenoxy) is 1. The second-order valence-electron chi connectivity index (χ2n) is 5.81. The Labute approximate surface area is 136 Å². The van der Waals surface area contributed by atoms with Gasteiger partial charge in [-0.25, -0.2) is 4.79 Å². The molecule has 1 aromatic rings. The molecular weight excluding hydrogens is 298 g/mol. The van der Waals surface area contributed by atoms with Crippen molar-refractivity contribution in [1.29, 1.82) is 0 Å². The molecule has 23 heavy (non-hydrogen) atoms. The number of nitrogens with one attached hydrogen (secondary N) is 3. The van der Waals surface area contributed by atoms with Crippen molar-refractivity contribution in [2.45, 2.75) is 46.4 Å². The average Bonchev–Trinajstić information content (AvgIpc) is 2.92. The van der Waals surface area contributed by atoms with Crippen LogP contribution in [0.1, 0.15) is 33.5 Å². The topological polar surface area (TPSA) is 105 Å². The van der Waals surface area contributed by atoms with Crippen molar-refractivity contribution in [3.05, 3.63) is 12.2 Å². The van der Waals surface area contributed by atoms with Crippen molar-refractivity contribution >= 4 is 12.1 Å². The van der Waals surface area contributed by atoms with E-state index in [4.69, 9.17) is 4.74 Å². The predicted octanol–water partition coefficient (Wildman–Crippen LogP) is 0.488. The summed E-state index contributed by atoms with van der Waals surface area (Å²) in [6, 6.07) is 0. The summed E-state index contributed by atoms with van der Waals surface area (Å²) < 4.78 is 7.10. The monoisotopic (exact) mass is 325 g/mol. The van der Waals surface area contributed by atoms with Crippen molar-refractivity contribution in [3.8, 4) is 0 Å². The van der Waals surface area contributed by atoms with Crippen LogP contribution >= 0.6 is 0 Å². The van der Waals surface area contributed by atoms with E-state index in [2.05, 4.69) is 31.1 Å². The van der Waals surface area contributed by atoms with E-state index < -0.39 is 11.7 Å². The third kappa shape index (κ3) is 7.48. The molecule has 3 N–H and O–H groups in total. The molecule has 0 saturated heterocycles. The molecule has 0 spiro atoms. The van der Waals surface area contributed by atoms with Crippen LogP contribution in [0, 0.1) is 0 Å². The summed E-state index contributed by atoms with van der Waals surface area (Å²) >= 11 is 0. The number of hydrogen-bond acceptors (Lipinski definition) is 5. The highest BCUT2D eigenvalue weighted by atomic mass is 16.6. The molecule has 0 atom stereocenters. The molecule has 0 bridgehead atoms. The SMILES string of the molecule is CCn1cnnc1CNC(=NC)NCCNC(=O)OC(C)(C)C. The van der Waals surface area contributed by atoms with E-state index in [-0.39, 0.29) is 0 Å². The van der Waals surface area contributed by atoms with E-state index in [9.17, 15) is 4.79 Å². The number of alkyl carbamates (subject to hydrolysis) is 1. The number of carbonyl (C=O) groups excluding carboxylic acids is 1. The normalized spacial score (nSPS) is 12.0. The minimum Gasteiger partial charge on any atom is -0.444 e. The zero-order valence-electron chi connectivity index (χ0n) is 14.5. The van der Waals surface area contributed by atoms with Crippen LogP contribution in [-0.2, 0) is 17.8 Å². The van der Waals surface area contributed by atoms with E-state index in [1.165, 1.54) is 0 Å². The molecule has 1 aromatic heterocycles. The molecule has 130 valence electrons. The molecule has 0 saturated carbocycles. The fourth-order valence-corrected chi connectivity index (χ4v) is 1.72. The smallest absolute Gasteiger partial charge is 0.407 e. The van der Waals surface area contributed by atoms with Gasteiger partial charge >= 0.3 is 6.09 Å². The van der Waals surface area contributed by atoms with Gasteiger partial charge in [0.15, 0.2) is 11.8 Å². The summed E-state index contributed by atoms with van der Waals surface area (Å²) in [6.45, 7) is 9.80. The molecule has 0 aliphatic rings. The maximum absolute atomic E-state index is 11.5. The molecule has 9 nitrogen and oxygen atoms in total. The van der Waals surface area contributed by atoms with Gasteiger partial charge in [-0.1, -0.05) is 0 Å². The van der Waals surface area contributed by atoms with Crippen molar-refractivity contribution in [2.75, 3.05) is 20.1 Å². The highest BCUT2D eigenvalue weighted by Gasteiger charge is 2.15. The molecule has 0 aliphatic heterocycles. The van der Waals surface area contributed by atoms with Crippen molar-refractivity contribution in [3.63, 3.8) is 0 Å². The maximum atomic E-state index is 11.5. The van der Waals surface area contributed by atoms with Gasteiger partial charge in [-0.2, -0.15) is 0 Å². The van der Waals surface area contributed by atoms with Gasteiger partial charge in [0.05, 0.1) is 6.54 Å². The second kappa shape index (κ2) is 8.96. The Balaban J connectivity index is 2.26. The lowest BCUT2D eigenvalue weighted by atomic mass is 10.2. The number of amides is 1. The Morgan fingerprint density at radius 3 is 2.61 bits per heavy atom. The predicted molar refractivity (Wildman–Crippen MR) is 88.1 cm³/mol. The van der Waals surface area contributed by atoms with Crippen molar-refractivity contribution < 1.29 is 9.53 Å². The summed E-state index contributed by atoms with van der Waals surface area (Å²) in [6.07, 6.45) is 1.26. The first-order valence-corrected chi connectivity index (χ1v) is 7.63. The Morgan fingerprint density at radius 2 is 2.00 bits per heavy atom. The van der Waals surface area contributed by atoms with E-state index in [1.807, 2.05) is 32.3 Å². The van der Waals surface area contributed by atoms with Gasteiger partial charge in [0.1, 0.15) is 11.9 Å². The number of rotatable bonds is 6. The number of nitrogens with zero attached hydrogens (tertiary/aromatic N) is 4. The van der Waals surface area contributed by atoms with Crippen LogP contribution < -0.4 is 16.0 Å². The summed E-state index contributed by atoms with van der Waals surface area (Å²) in [5, 5.41) is 16.8. The Morgan fingerprint density at radius 1 is 1.30 bits per heavy atom. The van der Waals surface area contributed by atoms with Crippen molar-refractivity contribution in [1.82, 2.24) is 30.7 Å². The lowest BCUT2D eigenvalue weighted by Crippen LogP contribution is -2.42. The fourth-order valence-electron chi connectivity index (χ4n) is 1.72. The second-order valence-corrected chi connectivity index (χ2v) is 5.81. The van der Waals surface area contributed by atoms with Crippen LogP contribution in [-0.4, -0.2) is 52.6 Å². The molecule has 0 aromatic carbocycles. The summed E-state index contributed by atoms with van der Waals surface area (Å²) in [4.78, 5) is 15.6. The van der Waals surface area contributed by atoms with Crippen LogP contribution in [0.5, 0.6) is 0 Å². The standard InChI is InChI=1S/C14H27N7O2/c1-6-21-10-19-20-11(21)9-18-12(15-5)16-7-8-17-13(22)23-14(2,3)4/h10H,6-9H2,1-5H3,(H,17,22)(H2,15,16,18). The van der Waals surface area contributed by atoms with E-state index in [0.29, 0.717) is 25.6 Å². The number of aliphatic imine (C=N–C) groups is 1. The molecule has 0 unspecified atom stereocenters. The number of aromatic nitrogens is 3. The summed E-state index contributed by atoms with van der Waals surface area (Å²) in [7, 11) is 1.68. The number of guanidine groups is 1. The summed E-state index contributed by atoms with van der Waals surface area (Å²) in [5.41, 5.74) is -0.496. The first kappa shape index (κ1) is 18.7. The van der Waals surface area contributed by atoms with Crippen LogP contribution in [0.3, 0.4) is 0 Å². The van der Waals surface area contributed by atoms with Gasteiger partial charge in [-0.05, 0) is 27.7 Å². The maximum Gasteiger partial charge on any atom is 0.407 e. The van der Waals surface area contributed by atoms with Gasteiger partial charge in [-0.3, -0.25) is 4.99 Å². The molecule has 0 radical (unpaired) electrons. The molecule has 1 rings (SSSR count). The third-order valence-electron chi connectivity index (χ3n) is 2.76. The molecule has 0 aliphatic carbocycles. The fraction of sp³-hybridized carbons (Fsp3) is 0.714. The molecule has 9 heteroatoms. The van der Waals surface area contributed by atoms with E-state index in [1.54, 1.807) is 13.4 Å². The van der Waals surface area contributed by atoms with Crippen LogP contribution in [0.4, 0.5) is 4.79 Å². The Hall–Kier alpha value is -2.32. The lowest BCUT2D eigenvalue weighted by Gasteiger charge is -2.19. The van der Waals surface area contributed by atoms with Gasteiger partial charge < -0.3 is 25.3 Å². The lowest BCUT2D eigenvalue weighted by molar-refractivity contribution is 0.0529. The molecular formula is C14H27N7O2. The number of aryl methyl sites for hydroxylation is 1. The van der Waals surface area contributed by atoms with Crippen LogP contribution in [0.2, 0.25) is 0 Å². The van der Waals surface area contributed by atoms with Gasteiger partial charge in [0, 0.05) is 26.7 Å². The zero-order valence-corrected chi connectivity index (χ0v) is 14.5. The van der Waals surface area contributed by atoms with E-state index >= 15 is 0 Å². The van der Waals surface area contributed by atoms with E-state index in [0.717, 1.165) is 12.4 Å². The van der Waals surface area contributed by atoms with Gasteiger partial charge in [-0.15, -0.1) is 10.2 Å². The van der Waals surface area contributed by atoms with Crippen LogP contribution in [0.15, 0.2) is 11.3 Å². The highest BCUT2D eigenvalue weighted by Crippen LogP contribution is 2.05. The first-order valence-electron chi connectivity index (χ1n) is 7.63. The highest BCUT2D eigenvalue weighted by molar-refractivity contribution is 5.79. The zero-order chi connectivity index (χ0) is 17.3. The molecule has 0 fully saturated rings. The quantitative estimate of drug-likeness (QED) is 0.399. The largest absolute Gasteiger partial charge is 0.444 e. The minimum atomic E-state index is -0.496. The van der Waals surface area contributed by atoms with Crippen molar-refractivity contribution in [2.24, 2.45) is 4.99 Å².